The Morgan fingerprint density at radius 3 is 2.94 bits per heavy atom. The molecule has 0 aliphatic heterocycles. The van der Waals surface area contributed by atoms with Crippen molar-refractivity contribution in [3.63, 3.8) is 0 Å². The van der Waals surface area contributed by atoms with Gasteiger partial charge in [-0.3, -0.25) is 0 Å². The van der Waals surface area contributed by atoms with Gasteiger partial charge in [0.25, 0.3) is 0 Å². The molecule has 0 saturated heterocycles. The van der Waals surface area contributed by atoms with Crippen molar-refractivity contribution in [1.82, 2.24) is 14.9 Å². The van der Waals surface area contributed by atoms with Gasteiger partial charge in [-0.1, -0.05) is 24.8 Å². The number of nitrogens with zero attached hydrogens (tertiary/aromatic N) is 2. The van der Waals surface area contributed by atoms with E-state index < -0.39 is 0 Å². The Kier molecular flexibility index (Phi) is 4.91. The minimum atomic E-state index is 0.0286. The SMILES string of the molecule is CCCc1nnsc1C(NCC)c1occc1Br. The van der Waals surface area contributed by atoms with Crippen LogP contribution in [0.25, 0.3) is 0 Å². The van der Waals surface area contributed by atoms with Crippen molar-refractivity contribution in [3.8, 4) is 0 Å². The van der Waals surface area contributed by atoms with E-state index in [1.807, 2.05) is 6.07 Å². The van der Waals surface area contributed by atoms with Crippen LogP contribution in [0.5, 0.6) is 0 Å². The topological polar surface area (TPSA) is 51.0 Å². The van der Waals surface area contributed by atoms with Gasteiger partial charge in [-0.25, -0.2) is 0 Å². The number of nitrogens with one attached hydrogen (secondary N) is 1. The summed E-state index contributed by atoms with van der Waals surface area (Å²) >= 11 is 4.96. The van der Waals surface area contributed by atoms with Crippen LogP contribution in [0.15, 0.2) is 21.2 Å². The lowest BCUT2D eigenvalue weighted by molar-refractivity contribution is 0.451. The maximum atomic E-state index is 5.58. The minimum absolute atomic E-state index is 0.0286. The zero-order chi connectivity index (χ0) is 13.0. The van der Waals surface area contributed by atoms with Crippen molar-refractivity contribution >= 4 is 27.5 Å². The Bertz CT molecular complexity index is 497. The van der Waals surface area contributed by atoms with Crippen LogP contribution < -0.4 is 5.32 Å². The highest BCUT2D eigenvalue weighted by atomic mass is 79.9. The summed E-state index contributed by atoms with van der Waals surface area (Å²) in [6, 6.07) is 1.94. The average Bonchev–Trinajstić information content (AvgIpc) is 2.96. The van der Waals surface area contributed by atoms with Crippen molar-refractivity contribution in [2.45, 2.75) is 32.7 Å². The van der Waals surface area contributed by atoms with Gasteiger partial charge in [-0.2, -0.15) is 0 Å². The van der Waals surface area contributed by atoms with E-state index in [1.54, 1.807) is 6.26 Å². The fraction of sp³-hybridized carbons (Fsp3) is 0.500. The first-order valence-electron chi connectivity index (χ1n) is 6.05. The van der Waals surface area contributed by atoms with E-state index in [-0.39, 0.29) is 6.04 Å². The number of hydrogen-bond donors (Lipinski definition) is 1. The van der Waals surface area contributed by atoms with E-state index in [2.05, 4.69) is 44.7 Å². The highest BCUT2D eigenvalue weighted by molar-refractivity contribution is 9.10. The number of furan rings is 1. The molecular weight excluding hydrogens is 314 g/mol. The summed E-state index contributed by atoms with van der Waals surface area (Å²) in [5.41, 5.74) is 1.07. The summed E-state index contributed by atoms with van der Waals surface area (Å²) in [6.45, 7) is 5.09. The molecule has 0 aliphatic carbocycles. The summed E-state index contributed by atoms with van der Waals surface area (Å²) in [7, 11) is 0. The van der Waals surface area contributed by atoms with Crippen LogP contribution in [0.1, 0.15) is 42.6 Å². The van der Waals surface area contributed by atoms with Crippen molar-refractivity contribution in [2.75, 3.05) is 6.54 Å². The Balaban J connectivity index is 2.35. The second-order valence-electron chi connectivity index (χ2n) is 3.96. The molecule has 0 saturated carbocycles. The van der Waals surface area contributed by atoms with Crippen molar-refractivity contribution in [1.29, 1.82) is 0 Å². The predicted octanol–water partition coefficient (Wildman–Crippen LogP) is 3.55. The molecule has 0 amide bonds. The molecule has 0 bridgehead atoms. The van der Waals surface area contributed by atoms with Crippen LogP contribution >= 0.6 is 27.5 Å². The van der Waals surface area contributed by atoms with Gasteiger partial charge < -0.3 is 9.73 Å². The molecule has 2 aromatic heterocycles. The van der Waals surface area contributed by atoms with Crippen molar-refractivity contribution < 1.29 is 4.42 Å². The highest BCUT2D eigenvalue weighted by Gasteiger charge is 2.24. The summed E-state index contributed by atoms with van der Waals surface area (Å²) < 4.78 is 10.6. The van der Waals surface area contributed by atoms with Gasteiger partial charge >= 0.3 is 0 Å². The van der Waals surface area contributed by atoms with Gasteiger partial charge in [-0.15, -0.1) is 5.10 Å². The van der Waals surface area contributed by atoms with E-state index in [0.29, 0.717) is 0 Å². The fourth-order valence-electron chi connectivity index (χ4n) is 1.86. The third-order valence-electron chi connectivity index (χ3n) is 2.65. The maximum Gasteiger partial charge on any atom is 0.140 e. The smallest absolute Gasteiger partial charge is 0.140 e. The third-order valence-corrected chi connectivity index (χ3v) is 4.14. The zero-order valence-electron chi connectivity index (χ0n) is 10.4. The van der Waals surface area contributed by atoms with E-state index in [1.165, 1.54) is 11.5 Å². The fourth-order valence-corrected chi connectivity index (χ4v) is 3.07. The zero-order valence-corrected chi connectivity index (χ0v) is 12.8. The van der Waals surface area contributed by atoms with Crippen LogP contribution in [-0.4, -0.2) is 16.1 Å². The molecule has 98 valence electrons. The molecule has 6 heteroatoms. The van der Waals surface area contributed by atoms with Gasteiger partial charge in [0.15, 0.2) is 0 Å². The van der Waals surface area contributed by atoms with E-state index in [0.717, 1.165) is 40.2 Å². The minimum Gasteiger partial charge on any atom is -0.466 e. The molecular formula is C12H16BrN3OS. The maximum absolute atomic E-state index is 5.58. The molecule has 0 aromatic carbocycles. The normalized spacial score (nSPS) is 12.8. The lowest BCUT2D eigenvalue weighted by atomic mass is 10.1. The van der Waals surface area contributed by atoms with Crippen molar-refractivity contribution in [3.05, 3.63) is 33.1 Å². The quantitative estimate of drug-likeness (QED) is 0.880. The molecule has 1 N–H and O–H groups in total. The first kappa shape index (κ1) is 13.7. The summed E-state index contributed by atoms with van der Waals surface area (Å²) in [5, 5.41) is 7.65. The lowest BCUT2D eigenvalue weighted by Gasteiger charge is -2.15. The van der Waals surface area contributed by atoms with Crippen LogP contribution in [0.2, 0.25) is 0 Å². The molecule has 1 unspecified atom stereocenters. The first-order chi connectivity index (χ1) is 8.77. The first-order valence-corrected chi connectivity index (χ1v) is 7.61. The van der Waals surface area contributed by atoms with Crippen LogP contribution in [0.3, 0.4) is 0 Å². The van der Waals surface area contributed by atoms with Gasteiger partial charge in [-0.05, 0) is 46.5 Å². The molecule has 1 atom stereocenters. The molecule has 0 aliphatic rings. The molecule has 2 aromatic rings. The monoisotopic (exact) mass is 329 g/mol. The van der Waals surface area contributed by atoms with Gasteiger partial charge in [0.2, 0.25) is 0 Å². The van der Waals surface area contributed by atoms with E-state index in [9.17, 15) is 0 Å². The van der Waals surface area contributed by atoms with Crippen LogP contribution in [0, 0.1) is 0 Å². The molecule has 18 heavy (non-hydrogen) atoms. The Hall–Kier alpha value is -0.720. The third kappa shape index (κ3) is 2.81. The number of aryl methyl sites for hydroxylation is 1. The van der Waals surface area contributed by atoms with Crippen molar-refractivity contribution in [2.24, 2.45) is 0 Å². The standard InChI is InChI=1S/C12H16BrN3OS/c1-3-5-9-12(18-16-15-9)10(14-4-2)11-8(13)6-7-17-11/h6-7,10,14H,3-5H2,1-2H3. The summed E-state index contributed by atoms with van der Waals surface area (Å²) in [4.78, 5) is 1.15. The van der Waals surface area contributed by atoms with E-state index >= 15 is 0 Å². The Morgan fingerprint density at radius 2 is 2.33 bits per heavy atom. The summed E-state index contributed by atoms with van der Waals surface area (Å²) in [5.74, 6) is 0.889. The molecule has 4 nitrogen and oxygen atoms in total. The molecule has 2 heterocycles. The second kappa shape index (κ2) is 6.45. The average molecular weight is 330 g/mol. The van der Waals surface area contributed by atoms with Crippen LogP contribution in [0.4, 0.5) is 0 Å². The molecule has 0 fully saturated rings. The van der Waals surface area contributed by atoms with Gasteiger partial charge in [0, 0.05) is 0 Å². The Morgan fingerprint density at radius 1 is 1.50 bits per heavy atom. The van der Waals surface area contributed by atoms with E-state index in [4.69, 9.17) is 4.42 Å². The molecule has 2 rings (SSSR count). The number of rotatable bonds is 6. The van der Waals surface area contributed by atoms with Gasteiger partial charge in [0.1, 0.15) is 11.8 Å². The predicted molar refractivity (Wildman–Crippen MR) is 75.8 cm³/mol. The highest BCUT2D eigenvalue weighted by Crippen LogP contribution is 2.32. The number of halogens is 1. The second-order valence-corrected chi connectivity index (χ2v) is 5.60. The largest absolute Gasteiger partial charge is 0.466 e. The van der Waals surface area contributed by atoms with Gasteiger partial charge in [0.05, 0.1) is 21.3 Å². The lowest BCUT2D eigenvalue weighted by Crippen LogP contribution is -2.22. The summed E-state index contributed by atoms with van der Waals surface area (Å²) in [6.07, 6.45) is 3.71. The molecule has 0 radical (unpaired) electrons. The number of aromatic nitrogens is 2. The van der Waals surface area contributed by atoms with Crippen LogP contribution in [-0.2, 0) is 6.42 Å². The molecule has 0 spiro atoms. The Labute approximate surface area is 119 Å². The number of hydrogen-bond acceptors (Lipinski definition) is 5.